The maximum Gasteiger partial charge on any atom is 0.164 e. The summed E-state index contributed by atoms with van der Waals surface area (Å²) in [5, 5.41) is 4.39. The highest BCUT2D eigenvalue weighted by molar-refractivity contribution is 6.31. The second kappa shape index (κ2) is 5.64. The molecule has 7 heteroatoms. The van der Waals surface area contributed by atoms with Crippen LogP contribution in [0, 0.1) is 11.6 Å². The van der Waals surface area contributed by atoms with Gasteiger partial charge < -0.3 is 0 Å². The van der Waals surface area contributed by atoms with E-state index in [-0.39, 0.29) is 5.56 Å². The molecule has 0 saturated carbocycles. The van der Waals surface area contributed by atoms with Crippen molar-refractivity contribution in [1.29, 1.82) is 0 Å². The molecule has 102 valence electrons. The topological polar surface area (TPSA) is 55.9 Å². The van der Waals surface area contributed by atoms with Crippen molar-refractivity contribution in [2.75, 3.05) is 0 Å². The first-order valence-corrected chi connectivity index (χ1v) is 6.09. The van der Waals surface area contributed by atoms with Crippen molar-refractivity contribution in [3.8, 4) is 0 Å². The van der Waals surface area contributed by atoms with Crippen molar-refractivity contribution in [3.63, 3.8) is 0 Å². The van der Waals surface area contributed by atoms with Crippen LogP contribution in [0.1, 0.15) is 24.2 Å². The van der Waals surface area contributed by atoms with Crippen LogP contribution in [0.25, 0.3) is 0 Å². The normalized spacial score (nSPS) is 12.7. The SMILES string of the molecule is CCn1ncc(Cl)c1C(NN)c1cccc(F)c1F. The Morgan fingerprint density at radius 3 is 2.84 bits per heavy atom. The lowest BCUT2D eigenvalue weighted by molar-refractivity contribution is 0.471. The summed E-state index contributed by atoms with van der Waals surface area (Å²) in [4.78, 5) is 0. The molecule has 4 nitrogen and oxygen atoms in total. The second-order valence-corrected chi connectivity index (χ2v) is 4.34. The number of nitrogens with zero attached hydrogens (tertiary/aromatic N) is 2. The Morgan fingerprint density at radius 2 is 2.21 bits per heavy atom. The number of rotatable bonds is 4. The molecule has 0 spiro atoms. The quantitative estimate of drug-likeness (QED) is 0.670. The highest BCUT2D eigenvalue weighted by atomic mass is 35.5. The van der Waals surface area contributed by atoms with E-state index in [9.17, 15) is 8.78 Å². The number of benzene rings is 1. The molecule has 1 aromatic heterocycles. The predicted octanol–water partition coefficient (Wildman–Crippen LogP) is 2.39. The fourth-order valence-corrected chi connectivity index (χ4v) is 2.22. The summed E-state index contributed by atoms with van der Waals surface area (Å²) < 4.78 is 28.7. The zero-order valence-corrected chi connectivity index (χ0v) is 11.0. The molecular weight excluding hydrogens is 274 g/mol. The number of hydrazine groups is 1. The van der Waals surface area contributed by atoms with Crippen molar-refractivity contribution in [2.45, 2.75) is 19.5 Å². The van der Waals surface area contributed by atoms with E-state index in [2.05, 4.69) is 10.5 Å². The first kappa shape index (κ1) is 13.9. The molecule has 2 rings (SSSR count). The van der Waals surface area contributed by atoms with Crippen LogP contribution in [0.15, 0.2) is 24.4 Å². The summed E-state index contributed by atoms with van der Waals surface area (Å²) in [6.07, 6.45) is 1.45. The van der Waals surface area contributed by atoms with Crippen molar-refractivity contribution in [3.05, 3.63) is 52.3 Å². The van der Waals surface area contributed by atoms with Gasteiger partial charge in [0.1, 0.15) is 0 Å². The van der Waals surface area contributed by atoms with E-state index in [0.29, 0.717) is 17.3 Å². The summed E-state index contributed by atoms with van der Waals surface area (Å²) in [5.41, 5.74) is 3.03. The summed E-state index contributed by atoms with van der Waals surface area (Å²) >= 11 is 6.04. The monoisotopic (exact) mass is 286 g/mol. The lowest BCUT2D eigenvalue weighted by Crippen LogP contribution is -2.31. The molecule has 1 aromatic carbocycles. The van der Waals surface area contributed by atoms with Crippen molar-refractivity contribution in [1.82, 2.24) is 15.2 Å². The number of nitrogens with one attached hydrogen (secondary N) is 1. The lowest BCUT2D eigenvalue weighted by atomic mass is 10.0. The fraction of sp³-hybridized carbons (Fsp3) is 0.250. The van der Waals surface area contributed by atoms with E-state index in [1.54, 1.807) is 4.68 Å². The number of nitrogens with two attached hydrogens (primary N) is 1. The molecule has 0 fully saturated rings. The summed E-state index contributed by atoms with van der Waals surface area (Å²) in [5.74, 6) is 3.58. The second-order valence-electron chi connectivity index (χ2n) is 3.94. The standard InChI is InChI=1S/C12H13ClF2N4/c1-2-19-12(8(13)6-17-19)11(18-16)7-4-3-5-9(14)10(7)15/h3-6,11,18H,2,16H2,1H3. The molecule has 0 amide bonds. The molecular formula is C12H13ClF2N4. The van der Waals surface area contributed by atoms with Crippen LogP contribution in [0.2, 0.25) is 5.02 Å². The molecule has 1 atom stereocenters. The third kappa shape index (κ3) is 2.47. The molecule has 19 heavy (non-hydrogen) atoms. The molecule has 0 aliphatic rings. The van der Waals surface area contributed by atoms with E-state index < -0.39 is 17.7 Å². The first-order chi connectivity index (χ1) is 9.10. The van der Waals surface area contributed by atoms with Gasteiger partial charge in [0.2, 0.25) is 0 Å². The van der Waals surface area contributed by atoms with Gasteiger partial charge in [-0.05, 0) is 13.0 Å². The van der Waals surface area contributed by atoms with Gasteiger partial charge in [0, 0.05) is 12.1 Å². The number of aryl methyl sites for hydroxylation is 1. The van der Waals surface area contributed by atoms with Crippen LogP contribution in [-0.4, -0.2) is 9.78 Å². The first-order valence-electron chi connectivity index (χ1n) is 5.71. The fourth-order valence-electron chi connectivity index (χ4n) is 1.97. The Labute approximate surface area is 114 Å². The number of hydrogen-bond donors (Lipinski definition) is 2. The highest BCUT2D eigenvalue weighted by Crippen LogP contribution is 2.29. The Morgan fingerprint density at radius 1 is 1.47 bits per heavy atom. The number of aromatic nitrogens is 2. The van der Waals surface area contributed by atoms with Crippen molar-refractivity contribution >= 4 is 11.6 Å². The molecule has 0 saturated heterocycles. The Bertz CT molecular complexity index is 585. The van der Waals surface area contributed by atoms with Crippen LogP contribution in [0.5, 0.6) is 0 Å². The van der Waals surface area contributed by atoms with Gasteiger partial charge in [-0.2, -0.15) is 5.10 Å². The highest BCUT2D eigenvalue weighted by Gasteiger charge is 2.24. The number of halogens is 3. The van der Waals surface area contributed by atoms with Gasteiger partial charge in [-0.3, -0.25) is 10.5 Å². The molecule has 0 aliphatic heterocycles. The average molecular weight is 287 g/mol. The van der Waals surface area contributed by atoms with Gasteiger partial charge >= 0.3 is 0 Å². The van der Waals surface area contributed by atoms with Crippen LogP contribution in [0.4, 0.5) is 8.78 Å². The largest absolute Gasteiger partial charge is 0.271 e. The maximum atomic E-state index is 13.9. The molecule has 1 heterocycles. The molecule has 3 N–H and O–H groups in total. The Kier molecular flexibility index (Phi) is 4.14. The zero-order valence-electron chi connectivity index (χ0n) is 10.2. The van der Waals surface area contributed by atoms with E-state index in [0.717, 1.165) is 6.07 Å². The summed E-state index contributed by atoms with van der Waals surface area (Å²) in [6, 6.07) is 3.14. The van der Waals surface area contributed by atoms with E-state index in [1.165, 1.54) is 18.3 Å². The minimum atomic E-state index is -0.953. The van der Waals surface area contributed by atoms with Gasteiger partial charge in [0.15, 0.2) is 11.6 Å². The minimum Gasteiger partial charge on any atom is -0.271 e. The van der Waals surface area contributed by atoms with Gasteiger partial charge in [-0.25, -0.2) is 14.2 Å². The third-order valence-corrected chi connectivity index (χ3v) is 3.16. The molecule has 1 unspecified atom stereocenters. The predicted molar refractivity (Wildman–Crippen MR) is 68.4 cm³/mol. The zero-order chi connectivity index (χ0) is 14.0. The average Bonchev–Trinajstić information content (AvgIpc) is 2.77. The van der Waals surface area contributed by atoms with E-state index in [4.69, 9.17) is 17.4 Å². The Hall–Kier alpha value is -1.50. The smallest absolute Gasteiger partial charge is 0.164 e. The maximum absolute atomic E-state index is 13.9. The van der Waals surface area contributed by atoms with Crippen LogP contribution < -0.4 is 11.3 Å². The van der Waals surface area contributed by atoms with Crippen molar-refractivity contribution < 1.29 is 8.78 Å². The summed E-state index contributed by atoms with van der Waals surface area (Å²) in [6.45, 7) is 2.40. The van der Waals surface area contributed by atoms with Crippen LogP contribution in [-0.2, 0) is 6.54 Å². The van der Waals surface area contributed by atoms with Crippen LogP contribution in [0.3, 0.4) is 0 Å². The lowest BCUT2D eigenvalue weighted by Gasteiger charge is -2.19. The third-order valence-electron chi connectivity index (χ3n) is 2.87. The van der Waals surface area contributed by atoms with Crippen LogP contribution >= 0.6 is 11.6 Å². The summed E-state index contributed by atoms with van der Waals surface area (Å²) in [7, 11) is 0. The van der Waals surface area contributed by atoms with Gasteiger partial charge in [-0.1, -0.05) is 23.7 Å². The molecule has 0 bridgehead atoms. The van der Waals surface area contributed by atoms with Gasteiger partial charge in [-0.15, -0.1) is 0 Å². The Balaban J connectivity index is 2.56. The molecule has 0 aliphatic carbocycles. The van der Waals surface area contributed by atoms with Gasteiger partial charge in [0.05, 0.1) is 23.0 Å². The van der Waals surface area contributed by atoms with E-state index in [1.807, 2.05) is 6.92 Å². The van der Waals surface area contributed by atoms with E-state index >= 15 is 0 Å². The molecule has 0 radical (unpaired) electrons. The minimum absolute atomic E-state index is 0.0830. The van der Waals surface area contributed by atoms with Gasteiger partial charge in [0.25, 0.3) is 0 Å². The van der Waals surface area contributed by atoms with Crippen molar-refractivity contribution in [2.24, 2.45) is 5.84 Å². The number of hydrogen-bond acceptors (Lipinski definition) is 3. The molecule has 2 aromatic rings.